The van der Waals surface area contributed by atoms with Crippen molar-refractivity contribution in [3.05, 3.63) is 22.7 Å². The van der Waals surface area contributed by atoms with E-state index in [0.717, 1.165) is 41.8 Å². The van der Waals surface area contributed by atoms with Gasteiger partial charge in [-0.25, -0.2) is 9.78 Å². The molecule has 3 rings (SSSR count). The molecule has 0 amide bonds. The number of nitrogens with zero attached hydrogens (tertiary/aromatic N) is 3. The van der Waals surface area contributed by atoms with Crippen molar-refractivity contribution in [2.75, 3.05) is 18.0 Å². The first-order chi connectivity index (χ1) is 10.1. The zero-order chi connectivity index (χ0) is 15.0. The van der Waals surface area contributed by atoms with E-state index < -0.39 is 0 Å². The van der Waals surface area contributed by atoms with Crippen LogP contribution < -0.4 is 10.6 Å². The summed E-state index contributed by atoms with van der Waals surface area (Å²) < 4.78 is 1.58. The lowest BCUT2D eigenvalue weighted by Crippen LogP contribution is -2.36. The summed E-state index contributed by atoms with van der Waals surface area (Å²) in [5.74, 6) is 1.49. The van der Waals surface area contributed by atoms with Crippen LogP contribution >= 0.6 is 0 Å². The first-order valence-corrected chi connectivity index (χ1v) is 7.85. The minimum atomic E-state index is -0.0966. The van der Waals surface area contributed by atoms with Crippen molar-refractivity contribution >= 4 is 16.9 Å². The van der Waals surface area contributed by atoms with E-state index in [1.54, 1.807) is 17.8 Å². The molecule has 3 heterocycles. The summed E-state index contributed by atoms with van der Waals surface area (Å²) in [6.45, 7) is 6.72. The van der Waals surface area contributed by atoms with Gasteiger partial charge in [-0.2, -0.15) is 0 Å². The van der Waals surface area contributed by atoms with Crippen LogP contribution in [0.2, 0.25) is 0 Å². The molecule has 1 N–H and O–H groups in total. The fraction of sp³-hybridized carbons (Fsp3) is 0.625. The highest BCUT2D eigenvalue weighted by Crippen LogP contribution is 2.29. The van der Waals surface area contributed by atoms with Gasteiger partial charge in [0.25, 0.3) is 0 Å². The Balaban J connectivity index is 1.93. The van der Waals surface area contributed by atoms with Gasteiger partial charge in [0.05, 0.1) is 5.69 Å². The maximum atomic E-state index is 11.8. The molecule has 21 heavy (non-hydrogen) atoms. The summed E-state index contributed by atoms with van der Waals surface area (Å²) in [5.41, 5.74) is 2.63. The second-order valence-corrected chi connectivity index (χ2v) is 6.60. The van der Waals surface area contributed by atoms with Crippen LogP contribution in [0.4, 0.5) is 5.69 Å². The van der Waals surface area contributed by atoms with Gasteiger partial charge < -0.3 is 9.88 Å². The van der Waals surface area contributed by atoms with E-state index in [-0.39, 0.29) is 5.69 Å². The maximum absolute atomic E-state index is 11.8. The van der Waals surface area contributed by atoms with Gasteiger partial charge in [0.15, 0.2) is 5.65 Å². The number of fused-ring (bicyclic) bond motifs is 1. The normalized spacial score (nSPS) is 19.6. The van der Waals surface area contributed by atoms with Gasteiger partial charge >= 0.3 is 5.69 Å². The Kier molecular flexibility index (Phi) is 3.74. The third-order valence-electron chi connectivity index (χ3n) is 4.43. The van der Waals surface area contributed by atoms with Crippen LogP contribution in [0, 0.1) is 11.8 Å². The van der Waals surface area contributed by atoms with E-state index in [2.05, 4.69) is 28.7 Å². The maximum Gasteiger partial charge on any atom is 0.327 e. The predicted molar refractivity (Wildman–Crippen MR) is 85.7 cm³/mol. The van der Waals surface area contributed by atoms with E-state index in [9.17, 15) is 4.79 Å². The molecular formula is C16H24N4O. The summed E-state index contributed by atoms with van der Waals surface area (Å²) in [4.78, 5) is 21.5. The lowest BCUT2D eigenvalue weighted by atomic mass is 9.89. The molecule has 0 aliphatic carbocycles. The van der Waals surface area contributed by atoms with Gasteiger partial charge in [0.2, 0.25) is 0 Å². The summed E-state index contributed by atoms with van der Waals surface area (Å²) in [7, 11) is 1.76. The minimum Gasteiger partial charge on any atom is -0.369 e. The number of aromatic nitrogens is 3. The van der Waals surface area contributed by atoms with Crippen LogP contribution in [0.15, 0.2) is 17.1 Å². The predicted octanol–water partition coefficient (Wildman–Crippen LogP) is 2.52. The Morgan fingerprint density at radius 1 is 1.48 bits per heavy atom. The summed E-state index contributed by atoms with van der Waals surface area (Å²) in [6.07, 6.45) is 5.61. The highest BCUT2D eigenvalue weighted by Gasteiger charge is 2.23. The molecule has 0 spiro atoms. The highest BCUT2D eigenvalue weighted by atomic mass is 16.1. The van der Waals surface area contributed by atoms with E-state index >= 15 is 0 Å². The lowest BCUT2D eigenvalue weighted by molar-refractivity contribution is 0.347. The molecule has 5 heteroatoms. The number of anilines is 1. The quantitative estimate of drug-likeness (QED) is 0.944. The van der Waals surface area contributed by atoms with Gasteiger partial charge in [0.1, 0.15) is 5.52 Å². The monoisotopic (exact) mass is 288 g/mol. The number of H-pyrrole nitrogens is 1. The van der Waals surface area contributed by atoms with E-state index in [1.807, 2.05) is 6.07 Å². The molecule has 2 aromatic heterocycles. The zero-order valence-corrected chi connectivity index (χ0v) is 13.1. The first-order valence-electron chi connectivity index (χ1n) is 7.85. The fourth-order valence-electron chi connectivity index (χ4n) is 3.51. The fourth-order valence-corrected chi connectivity index (χ4v) is 3.51. The highest BCUT2D eigenvalue weighted by molar-refractivity contribution is 5.85. The van der Waals surface area contributed by atoms with Crippen LogP contribution in [0.3, 0.4) is 0 Å². The lowest BCUT2D eigenvalue weighted by Gasteiger charge is -2.35. The van der Waals surface area contributed by atoms with Crippen molar-refractivity contribution in [2.24, 2.45) is 18.9 Å². The second kappa shape index (κ2) is 5.54. The smallest absolute Gasteiger partial charge is 0.327 e. The summed E-state index contributed by atoms with van der Waals surface area (Å²) in [5, 5.41) is 0. The molecule has 1 saturated heterocycles. The molecule has 0 bridgehead atoms. The Hall–Kier alpha value is -1.78. The van der Waals surface area contributed by atoms with Crippen molar-refractivity contribution in [2.45, 2.75) is 33.1 Å². The molecule has 0 unspecified atom stereocenters. The van der Waals surface area contributed by atoms with Gasteiger partial charge in [0, 0.05) is 26.3 Å². The number of hydrogen-bond acceptors (Lipinski definition) is 3. The number of rotatable bonds is 3. The average Bonchev–Trinajstić information content (AvgIpc) is 2.74. The number of aryl methyl sites for hydroxylation is 1. The zero-order valence-electron chi connectivity index (χ0n) is 13.1. The van der Waals surface area contributed by atoms with Crippen molar-refractivity contribution in [1.29, 1.82) is 0 Å². The van der Waals surface area contributed by atoms with Crippen LogP contribution in [0.25, 0.3) is 11.2 Å². The first kappa shape index (κ1) is 14.2. The molecule has 114 valence electrons. The molecule has 1 aliphatic heterocycles. The van der Waals surface area contributed by atoms with E-state index in [1.165, 1.54) is 19.3 Å². The van der Waals surface area contributed by atoms with Crippen molar-refractivity contribution < 1.29 is 0 Å². The average molecular weight is 288 g/mol. The number of piperidine rings is 1. The number of nitrogens with one attached hydrogen (secondary N) is 1. The molecule has 1 fully saturated rings. The van der Waals surface area contributed by atoms with Gasteiger partial charge in [-0.15, -0.1) is 0 Å². The van der Waals surface area contributed by atoms with Gasteiger partial charge in [-0.3, -0.25) is 4.57 Å². The molecule has 5 nitrogen and oxygen atoms in total. The third kappa shape index (κ3) is 2.69. The standard InChI is InChI=1S/C16H24N4O/c1-11(2)9-12-5-4-8-20(10-12)13-6-7-17-15-14(13)18-16(21)19(15)3/h6-7,11-12H,4-5,8-10H2,1-3H3,(H,18,21)/t12-/m1/s1. The molecular weight excluding hydrogens is 264 g/mol. The number of aromatic amines is 1. The Bertz CT molecular complexity index is 685. The number of imidazole rings is 1. The van der Waals surface area contributed by atoms with Crippen molar-refractivity contribution in [3.8, 4) is 0 Å². The van der Waals surface area contributed by atoms with Crippen molar-refractivity contribution in [3.63, 3.8) is 0 Å². The third-order valence-corrected chi connectivity index (χ3v) is 4.43. The Labute approximate surface area is 125 Å². The molecule has 1 aliphatic rings. The summed E-state index contributed by atoms with van der Waals surface area (Å²) in [6, 6.07) is 2.02. The van der Waals surface area contributed by atoms with Crippen LogP contribution in [-0.2, 0) is 7.05 Å². The second-order valence-electron chi connectivity index (χ2n) is 6.60. The van der Waals surface area contributed by atoms with E-state index in [4.69, 9.17) is 0 Å². The molecule has 0 radical (unpaired) electrons. The van der Waals surface area contributed by atoms with Crippen LogP contribution in [0.1, 0.15) is 33.1 Å². The molecule has 0 saturated carbocycles. The van der Waals surface area contributed by atoms with Gasteiger partial charge in [-0.1, -0.05) is 13.8 Å². The minimum absolute atomic E-state index is 0.0966. The Morgan fingerprint density at radius 3 is 3.05 bits per heavy atom. The molecule has 0 aromatic carbocycles. The number of hydrogen-bond donors (Lipinski definition) is 1. The largest absolute Gasteiger partial charge is 0.369 e. The topological polar surface area (TPSA) is 53.9 Å². The number of pyridine rings is 1. The SMILES string of the molecule is CC(C)C[C@H]1CCCN(c2ccnc3c2[nH]c(=O)n3C)C1. The van der Waals surface area contributed by atoms with Crippen molar-refractivity contribution in [1.82, 2.24) is 14.5 Å². The Morgan fingerprint density at radius 2 is 2.29 bits per heavy atom. The summed E-state index contributed by atoms with van der Waals surface area (Å²) >= 11 is 0. The van der Waals surface area contributed by atoms with Crippen LogP contribution in [-0.4, -0.2) is 27.6 Å². The van der Waals surface area contributed by atoms with Gasteiger partial charge in [-0.05, 0) is 37.2 Å². The van der Waals surface area contributed by atoms with Crippen LogP contribution in [0.5, 0.6) is 0 Å². The molecule has 2 aromatic rings. The molecule has 1 atom stereocenters. The van der Waals surface area contributed by atoms with E-state index in [0.29, 0.717) is 0 Å².